The van der Waals surface area contributed by atoms with Crippen LogP contribution in [0.1, 0.15) is 22.2 Å². The third-order valence-electron chi connectivity index (χ3n) is 2.04. The van der Waals surface area contributed by atoms with Gasteiger partial charge in [0.2, 0.25) is 0 Å². The van der Waals surface area contributed by atoms with E-state index in [4.69, 9.17) is 10.2 Å². The minimum absolute atomic E-state index is 0.177. The quantitative estimate of drug-likeness (QED) is 0.909. The summed E-state index contributed by atoms with van der Waals surface area (Å²) in [7, 11) is 0. The van der Waals surface area contributed by atoms with Gasteiger partial charge >= 0.3 is 0 Å². The maximum atomic E-state index is 6.06. The maximum Gasteiger partial charge on any atom is 0.139 e. The molecule has 0 spiro atoms. The average Bonchev–Trinajstić information content (AvgIpc) is 2.73. The highest BCUT2D eigenvalue weighted by molar-refractivity contribution is 9.10. The molecule has 2 heterocycles. The van der Waals surface area contributed by atoms with Crippen molar-refractivity contribution in [1.82, 2.24) is 0 Å². The van der Waals surface area contributed by atoms with Crippen molar-refractivity contribution >= 4 is 27.3 Å². The Bertz CT molecular complexity index is 435. The van der Waals surface area contributed by atoms with Gasteiger partial charge in [-0.3, -0.25) is 0 Å². The van der Waals surface area contributed by atoms with Crippen molar-refractivity contribution in [1.29, 1.82) is 0 Å². The third kappa shape index (κ3) is 1.78. The Morgan fingerprint density at radius 3 is 2.86 bits per heavy atom. The topological polar surface area (TPSA) is 39.2 Å². The number of nitrogens with two attached hydrogens (primary N) is 1. The second-order valence-corrected chi connectivity index (χ2v) is 5.07. The smallest absolute Gasteiger partial charge is 0.139 e. The molecule has 0 aliphatic rings. The summed E-state index contributed by atoms with van der Waals surface area (Å²) in [5.41, 5.74) is 7.16. The van der Waals surface area contributed by atoms with E-state index in [1.807, 2.05) is 6.07 Å². The SMILES string of the molecule is Cc1cc(C(N)c2occc2Br)cs1. The zero-order chi connectivity index (χ0) is 10.1. The molecule has 2 rings (SSSR count). The van der Waals surface area contributed by atoms with Gasteiger partial charge in [-0.1, -0.05) is 0 Å². The summed E-state index contributed by atoms with van der Waals surface area (Å²) < 4.78 is 6.25. The molecule has 0 amide bonds. The summed E-state index contributed by atoms with van der Waals surface area (Å²) in [6.45, 7) is 2.07. The van der Waals surface area contributed by atoms with E-state index in [1.165, 1.54) is 4.88 Å². The third-order valence-corrected chi connectivity index (χ3v) is 3.57. The molecule has 2 aromatic rings. The minimum Gasteiger partial charge on any atom is -0.466 e. The first-order valence-electron chi connectivity index (χ1n) is 4.22. The standard InChI is InChI=1S/C10H10BrNOS/c1-6-4-7(5-14-6)9(12)10-8(11)2-3-13-10/h2-5,9H,12H2,1H3. The van der Waals surface area contributed by atoms with Gasteiger partial charge in [0.05, 0.1) is 16.8 Å². The van der Waals surface area contributed by atoms with Crippen molar-refractivity contribution in [3.05, 3.63) is 44.4 Å². The molecule has 0 fully saturated rings. The van der Waals surface area contributed by atoms with E-state index in [0.717, 1.165) is 15.8 Å². The summed E-state index contributed by atoms with van der Waals surface area (Å²) in [6.07, 6.45) is 1.64. The Kier molecular flexibility index (Phi) is 2.76. The number of aryl methyl sites for hydroxylation is 1. The second kappa shape index (κ2) is 3.88. The molecule has 0 bridgehead atoms. The van der Waals surface area contributed by atoms with Crippen LogP contribution in [0.25, 0.3) is 0 Å². The van der Waals surface area contributed by atoms with E-state index >= 15 is 0 Å². The van der Waals surface area contributed by atoms with E-state index in [9.17, 15) is 0 Å². The normalized spacial score (nSPS) is 13.1. The Hall–Kier alpha value is -0.580. The van der Waals surface area contributed by atoms with Crippen molar-refractivity contribution in [2.45, 2.75) is 13.0 Å². The highest BCUT2D eigenvalue weighted by Crippen LogP contribution is 2.29. The number of furan rings is 1. The molecule has 2 N–H and O–H groups in total. The summed E-state index contributed by atoms with van der Waals surface area (Å²) in [5.74, 6) is 0.780. The first kappa shape index (κ1) is 9.96. The van der Waals surface area contributed by atoms with Crippen molar-refractivity contribution in [2.24, 2.45) is 5.73 Å². The number of halogens is 1. The van der Waals surface area contributed by atoms with Crippen LogP contribution in [0.15, 0.2) is 32.7 Å². The van der Waals surface area contributed by atoms with Crippen LogP contribution < -0.4 is 5.73 Å². The molecular weight excluding hydrogens is 262 g/mol. The van der Waals surface area contributed by atoms with Crippen LogP contribution in [0, 0.1) is 6.92 Å². The van der Waals surface area contributed by atoms with Crippen molar-refractivity contribution in [3.63, 3.8) is 0 Å². The van der Waals surface area contributed by atoms with E-state index in [0.29, 0.717) is 0 Å². The number of hydrogen-bond acceptors (Lipinski definition) is 3. The molecule has 1 unspecified atom stereocenters. The zero-order valence-electron chi connectivity index (χ0n) is 7.66. The van der Waals surface area contributed by atoms with E-state index < -0.39 is 0 Å². The zero-order valence-corrected chi connectivity index (χ0v) is 10.1. The van der Waals surface area contributed by atoms with Crippen molar-refractivity contribution in [2.75, 3.05) is 0 Å². The molecule has 0 aromatic carbocycles. The van der Waals surface area contributed by atoms with Gasteiger partial charge in [0.25, 0.3) is 0 Å². The Morgan fingerprint density at radius 2 is 2.36 bits per heavy atom. The first-order chi connectivity index (χ1) is 6.68. The van der Waals surface area contributed by atoms with Crippen LogP contribution in [0.3, 0.4) is 0 Å². The molecule has 0 aliphatic carbocycles. The molecule has 74 valence electrons. The van der Waals surface area contributed by atoms with Crippen LogP contribution >= 0.6 is 27.3 Å². The fourth-order valence-corrected chi connectivity index (χ4v) is 2.49. The minimum atomic E-state index is -0.177. The van der Waals surface area contributed by atoms with Gasteiger partial charge < -0.3 is 10.2 Å². The van der Waals surface area contributed by atoms with Gasteiger partial charge in [0, 0.05) is 4.88 Å². The Labute approximate surface area is 94.9 Å². The molecule has 0 saturated carbocycles. The van der Waals surface area contributed by atoms with Crippen LogP contribution in [0.2, 0.25) is 0 Å². The van der Waals surface area contributed by atoms with Gasteiger partial charge in [0.15, 0.2) is 0 Å². The second-order valence-electron chi connectivity index (χ2n) is 3.10. The van der Waals surface area contributed by atoms with E-state index in [1.54, 1.807) is 17.6 Å². The summed E-state index contributed by atoms with van der Waals surface area (Å²) in [5, 5.41) is 2.06. The lowest BCUT2D eigenvalue weighted by Gasteiger charge is -2.06. The van der Waals surface area contributed by atoms with Gasteiger partial charge in [-0.25, -0.2) is 0 Å². The first-order valence-corrected chi connectivity index (χ1v) is 5.89. The number of thiophene rings is 1. The van der Waals surface area contributed by atoms with Crippen molar-refractivity contribution in [3.8, 4) is 0 Å². The van der Waals surface area contributed by atoms with Gasteiger partial charge in [-0.2, -0.15) is 0 Å². The van der Waals surface area contributed by atoms with E-state index in [-0.39, 0.29) is 6.04 Å². The van der Waals surface area contributed by atoms with Crippen LogP contribution in [-0.2, 0) is 0 Å². The van der Waals surface area contributed by atoms with Gasteiger partial charge in [-0.05, 0) is 45.9 Å². The van der Waals surface area contributed by atoms with Gasteiger partial charge in [-0.15, -0.1) is 11.3 Å². The fraction of sp³-hybridized carbons (Fsp3) is 0.200. The Balaban J connectivity index is 2.33. The lowest BCUT2D eigenvalue weighted by atomic mass is 10.1. The molecule has 2 nitrogen and oxygen atoms in total. The number of rotatable bonds is 2. The molecule has 0 aliphatic heterocycles. The molecular formula is C10H10BrNOS. The lowest BCUT2D eigenvalue weighted by Crippen LogP contribution is -2.10. The predicted octanol–water partition coefficient (Wildman–Crippen LogP) is 3.46. The molecule has 14 heavy (non-hydrogen) atoms. The highest BCUT2D eigenvalue weighted by atomic mass is 79.9. The van der Waals surface area contributed by atoms with Crippen LogP contribution in [0.5, 0.6) is 0 Å². The monoisotopic (exact) mass is 271 g/mol. The highest BCUT2D eigenvalue weighted by Gasteiger charge is 2.16. The maximum absolute atomic E-state index is 6.06. The van der Waals surface area contributed by atoms with Gasteiger partial charge in [0.1, 0.15) is 5.76 Å². The average molecular weight is 272 g/mol. The Morgan fingerprint density at radius 1 is 1.57 bits per heavy atom. The largest absolute Gasteiger partial charge is 0.466 e. The summed E-state index contributed by atoms with van der Waals surface area (Å²) >= 11 is 5.10. The predicted molar refractivity (Wildman–Crippen MR) is 61.5 cm³/mol. The summed E-state index contributed by atoms with van der Waals surface area (Å²) in [4.78, 5) is 1.26. The van der Waals surface area contributed by atoms with E-state index in [2.05, 4.69) is 34.3 Å². The fourth-order valence-electron chi connectivity index (χ4n) is 1.31. The molecule has 0 radical (unpaired) electrons. The van der Waals surface area contributed by atoms with Crippen LogP contribution in [0.4, 0.5) is 0 Å². The molecule has 4 heteroatoms. The molecule has 2 aromatic heterocycles. The molecule has 1 atom stereocenters. The van der Waals surface area contributed by atoms with Crippen molar-refractivity contribution < 1.29 is 4.42 Å². The lowest BCUT2D eigenvalue weighted by molar-refractivity contribution is 0.488. The summed E-state index contributed by atoms with van der Waals surface area (Å²) in [6, 6.07) is 3.77. The van der Waals surface area contributed by atoms with Crippen LogP contribution in [-0.4, -0.2) is 0 Å². The number of hydrogen-bond donors (Lipinski definition) is 1. The molecule has 0 saturated heterocycles.